The molecule has 20 heavy (non-hydrogen) atoms. The molecule has 3 aliphatic rings. The van der Waals surface area contributed by atoms with Gasteiger partial charge in [-0.15, -0.1) is 0 Å². The summed E-state index contributed by atoms with van der Waals surface area (Å²) < 4.78 is 5.40. The zero-order chi connectivity index (χ0) is 13.9. The van der Waals surface area contributed by atoms with Crippen LogP contribution in [0, 0.1) is 5.92 Å². The third-order valence-electron chi connectivity index (χ3n) is 5.23. The van der Waals surface area contributed by atoms with Crippen molar-refractivity contribution in [2.75, 3.05) is 39.4 Å². The van der Waals surface area contributed by atoms with E-state index in [1.54, 1.807) is 0 Å². The standard InChI is InChI=1S/C15H27N3O2/c16-14-3-1-2-12(14)10-15(19)18-5-4-13(11-18)17-6-8-20-9-7-17/h12-14H,1-11,16H2/t12-,13?,14+/m0/s1. The van der Waals surface area contributed by atoms with Crippen molar-refractivity contribution < 1.29 is 9.53 Å². The Morgan fingerprint density at radius 1 is 1.15 bits per heavy atom. The average Bonchev–Trinajstić information content (AvgIpc) is 3.10. The summed E-state index contributed by atoms with van der Waals surface area (Å²) in [5.41, 5.74) is 6.08. The summed E-state index contributed by atoms with van der Waals surface area (Å²) in [5, 5.41) is 0. The second kappa shape index (κ2) is 6.41. The van der Waals surface area contributed by atoms with Gasteiger partial charge in [-0.3, -0.25) is 9.69 Å². The van der Waals surface area contributed by atoms with Gasteiger partial charge in [0, 0.05) is 44.7 Å². The van der Waals surface area contributed by atoms with Crippen LogP contribution in [0.1, 0.15) is 32.1 Å². The number of morpholine rings is 1. The lowest BCUT2D eigenvalue weighted by Crippen LogP contribution is -2.45. The molecule has 1 unspecified atom stereocenters. The first-order chi connectivity index (χ1) is 9.74. The van der Waals surface area contributed by atoms with Gasteiger partial charge in [0.15, 0.2) is 0 Å². The monoisotopic (exact) mass is 281 g/mol. The van der Waals surface area contributed by atoms with E-state index < -0.39 is 0 Å². The highest BCUT2D eigenvalue weighted by Gasteiger charge is 2.33. The molecule has 2 aliphatic heterocycles. The molecule has 2 heterocycles. The molecule has 1 aliphatic carbocycles. The fraction of sp³-hybridized carbons (Fsp3) is 0.933. The molecule has 1 saturated carbocycles. The van der Waals surface area contributed by atoms with Crippen molar-refractivity contribution in [1.82, 2.24) is 9.80 Å². The number of rotatable bonds is 3. The van der Waals surface area contributed by atoms with Gasteiger partial charge < -0.3 is 15.4 Å². The summed E-state index contributed by atoms with van der Waals surface area (Å²) >= 11 is 0. The summed E-state index contributed by atoms with van der Waals surface area (Å²) in [6.45, 7) is 5.52. The summed E-state index contributed by atoms with van der Waals surface area (Å²) in [6.07, 6.45) is 5.19. The number of likely N-dealkylation sites (tertiary alicyclic amines) is 1. The van der Waals surface area contributed by atoms with Crippen LogP contribution in [-0.2, 0) is 9.53 Å². The molecule has 0 spiro atoms. The molecule has 3 fully saturated rings. The molecule has 1 amide bonds. The molecule has 0 bridgehead atoms. The lowest BCUT2D eigenvalue weighted by atomic mass is 9.99. The van der Waals surface area contributed by atoms with E-state index in [-0.39, 0.29) is 6.04 Å². The van der Waals surface area contributed by atoms with Crippen LogP contribution >= 0.6 is 0 Å². The number of nitrogens with zero attached hydrogens (tertiary/aromatic N) is 2. The Kier molecular flexibility index (Phi) is 4.58. The fourth-order valence-electron chi connectivity index (χ4n) is 3.88. The highest BCUT2D eigenvalue weighted by molar-refractivity contribution is 5.77. The minimum absolute atomic E-state index is 0.247. The first-order valence-corrected chi connectivity index (χ1v) is 8.09. The van der Waals surface area contributed by atoms with Gasteiger partial charge in [0.25, 0.3) is 0 Å². The normalized spacial score (nSPS) is 35.6. The van der Waals surface area contributed by atoms with Crippen LogP contribution in [-0.4, -0.2) is 67.2 Å². The quantitative estimate of drug-likeness (QED) is 0.815. The second-order valence-corrected chi connectivity index (χ2v) is 6.49. The molecule has 0 aromatic heterocycles. The van der Waals surface area contributed by atoms with Crippen molar-refractivity contribution in [2.45, 2.75) is 44.2 Å². The molecule has 2 saturated heterocycles. The zero-order valence-electron chi connectivity index (χ0n) is 12.3. The number of hydrogen-bond donors (Lipinski definition) is 1. The largest absolute Gasteiger partial charge is 0.379 e. The van der Waals surface area contributed by atoms with E-state index >= 15 is 0 Å². The molecule has 114 valence electrons. The highest BCUT2D eigenvalue weighted by Crippen LogP contribution is 2.28. The van der Waals surface area contributed by atoms with Gasteiger partial charge in [0.2, 0.25) is 5.91 Å². The van der Waals surface area contributed by atoms with E-state index in [4.69, 9.17) is 10.5 Å². The van der Waals surface area contributed by atoms with Crippen molar-refractivity contribution >= 4 is 5.91 Å². The Morgan fingerprint density at radius 2 is 1.95 bits per heavy atom. The van der Waals surface area contributed by atoms with Crippen LogP contribution in [0.5, 0.6) is 0 Å². The molecule has 3 rings (SSSR count). The van der Waals surface area contributed by atoms with E-state index in [0.29, 0.717) is 24.3 Å². The first-order valence-electron chi connectivity index (χ1n) is 8.09. The Bertz CT molecular complexity index is 344. The molecular formula is C15H27N3O2. The molecule has 0 aromatic rings. The lowest BCUT2D eigenvalue weighted by molar-refractivity contribution is -0.131. The van der Waals surface area contributed by atoms with Gasteiger partial charge in [-0.05, 0) is 25.2 Å². The van der Waals surface area contributed by atoms with E-state index in [2.05, 4.69) is 9.80 Å². The topological polar surface area (TPSA) is 58.8 Å². The number of amides is 1. The number of carbonyl (C=O) groups is 1. The molecule has 2 N–H and O–H groups in total. The molecule has 3 atom stereocenters. The highest BCUT2D eigenvalue weighted by atomic mass is 16.5. The molecule has 5 heteroatoms. The van der Waals surface area contributed by atoms with E-state index in [0.717, 1.165) is 58.7 Å². The predicted molar refractivity (Wildman–Crippen MR) is 77.3 cm³/mol. The van der Waals surface area contributed by atoms with E-state index in [1.807, 2.05) is 0 Å². The maximum atomic E-state index is 12.4. The smallest absolute Gasteiger partial charge is 0.222 e. The van der Waals surface area contributed by atoms with Crippen LogP contribution in [0.4, 0.5) is 0 Å². The Hall–Kier alpha value is -0.650. The maximum Gasteiger partial charge on any atom is 0.222 e. The Morgan fingerprint density at radius 3 is 2.65 bits per heavy atom. The number of ether oxygens (including phenoxy) is 1. The van der Waals surface area contributed by atoms with Crippen molar-refractivity contribution in [1.29, 1.82) is 0 Å². The van der Waals surface area contributed by atoms with Gasteiger partial charge in [0.1, 0.15) is 0 Å². The summed E-state index contributed by atoms with van der Waals surface area (Å²) in [5.74, 6) is 0.744. The SMILES string of the molecule is N[C@@H]1CCC[C@H]1CC(=O)N1CCC(N2CCOCC2)C1. The van der Waals surface area contributed by atoms with Crippen LogP contribution in [0.25, 0.3) is 0 Å². The predicted octanol–water partition coefficient (Wildman–Crippen LogP) is 0.437. The van der Waals surface area contributed by atoms with E-state index in [9.17, 15) is 4.79 Å². The maximum absolute atomic E-state index is 12.4. The van der Waals surface area contributed by atoms with Crippen molar-refractivity contribution in [2.24, 2.45) is 11.7 Å². The van der Waals surface area contributed by atoms with Gasteiger partial charge >= 0.3 is 0 Å². The Balaban J connectivity index is 1.47. The van der Waals surface area contributed by atoms with Crippen LogP contribution in [0.2, 0.25) is 0 Å². The third kappa shape index (κ3) is 3.15. The van der Waals surface area contributed by atoms with Crippen LogP contribution < -0.4 is 5.73 Å². The minimum Gasteiger partial charge on any atom is -0.379 e. The summed E-state index contributed by atoms with van der Waals surface area (Å²) in [6, 6.07) is 0.789. The fourth-order valence-corrected chi connectivity index (χ4v) is 3.88. The minimum atomic E-state index is 0.247. The number of hydrogen-bond acceptors (Lipinski definition) is 4. The van der Waals surface area contributed by atoms with Gasteiger partial charge in [-0.1, -0.05) is 6.42 Å². The summed E-state index contributed by atoms with van der Waals surface area (Å²) in [7, 11) is 0. The number of carbonyl (C=O) groups excluding carboxylic acids is 1. The third-order valence-corrected chi connectivity index (χ3v) is 5.23. The van der Waals surface area contributed by atoms with Crippen LogP contribution in [0.3, 0.4) is 0 Å². The van der Waals surface area contributed by atoms with Crippen molar-refractivity contribution in [3.8, 4) is 0 Å². The lowest BCUT2D eigenvalue weighted by Gasteiger charge is -2.32. The van der Waals surface area contributed by atoms with Gasteiger partial charge in [0.05, 0.1) is 13.2 Å². The molecule has 5 nitrogen and oxygen atoms in total. The molecule has 0 radical (unpaired) electrons. The number of nitrogens with two attached hydrogens (primary N) is 1. The summed E-state index contributed by atoms with van der Waals surface area (Å²) in [4.78, 5) is 16.9. The van der Waals surface area contributed by atoms with E-state index in [1.165, 1.54) is 6.42 Å². The zero-order valence-corrected chi connectivity index (χ0v) is 12.3. The first kappa shape index (κ1) is 14.3. The molecular weight excluding hydrogens is 254 g/mol. The average molecular weight is 281 g/mol. The van der Waals surface area contributed by atoms with Crippen molar-refractivity contribution in [3.63, 3.8) is 0 Å². The van der Waals surface area contributed by atoms with Crippen molar-refractivity contribution in [3.05, 3.63) is 0 Å². The van der Waals surface area contributed by atoms with Gasteiger partial charge in [-0.2, -0.15) is 0 Å². The molecule has 0 aromatic carbocycles. The van der Waals surface area contributed by atoms with Crippen LogP contribution in [0.15, 0.2) is 0 Å². The van der Waals surface area contributed by atoms with Gasteiger partial charge in [-0.25, -0.2) is 0 Å². The Labute approximate surface area is 121 Å². The second-order valence-electron chi connectivity index (χ2n) is 6.49.